The summed E-state index contributed by atoms with van der Waals surface area (Å²) in [6.45, 7) is 0. The molecule has 0 fully saturated rings. The lowest BCUT2D eigenvalue weighted by atomic mass is 10.2. The Morgan fingerprint density at radius 2 is 2.17 bits per heavy atom. The Labute approximate surface area is 116 Å². The van der Waals surface area contributed by atoms with Gasteiger partial charge in [-0.15, -0.1) is 0 Å². The van der Waals surface area contributed by atoms with Crippen LogP contribution in [0.5, 0.6) is 5.75 Å². The summed E-state index contributed by atoms with van der Waals surface area (Å²) < 4.78 is 0.924. The number of hydrazone groups is 1. The Morgan fingerprint density at radius 3 is 2.83 bits per heavy atom. The molecule has 0 aliphatic rings. The van der Waals surface area contributed by atoms with Crippen molar-refractivity contribution in [2.24, 2.45) is 5.10 Å². The number of para-hydroxylation sites is 1. The molecular weight excluding hydrogens is 316 g/mol. The SMILES string of the molecule is O=C(N/N=C\c1cscc1Br)c1ccccc1O. The number of phenols is 1. The fraction of sp³-hybridized carbons (Fsp3) is 0. The molecule has 2 rings (SSSR count). The Kier molecular flexibility index (Phi) is 4.11. The largest absolute Gasteiger partial charge is 0.507 e. The summed E-state index contributed by atoms with van der Waals surface area (Å²) in [4.78, 5) is 11.7. The third kappa shape index (κ3) is 2.96. The molecule has 6 heteroatoms. The molecule has 2 aromatic rings. The number of rotatable bonds is 3. The van der Waals surface area contributed by atoms with Crippen LogP contribution in [-0.2, 0) is 0 Å². The zero-order valence-corrected chi connectivity index (χ0v) is 11.5. The molecular formula is C12H9BrN2O2S. The molecule has 0 radical (unpaired) electrons. The van der Waals surface area contributed by atoms with Gasteiger partial charge in [-0.2, -0.15) is 16.4 Å². The first-order valence-corrected chi connectivity index (χ1v) is 6.75. The predicted molar refractivity (Wildman–Crippen MR) is 75.2 cm³/mol. The summed E-state index contributed by atoms with van der Waals surface area (Å²) in [5.41, 5.74) is 3.44. The van der Waals surface area contributed by atoms with Gasteiger partial charge in [0.05, 0.1) is 11.8 Å². The van der Waals surface area contributed by atoms with Crippen LogP contribution in [-0.4, -0.2) is 17.2 Å². The smallest absolute Gasteiger partial charge is 0.275 e. The lowest BCUT2D eigenvalue weighted by Crippen LogP contribution is -2.17. The van der Waals surface area contributed by atoms with E-state index in [1.165, 1.54) is 23.5 Å². The average Bonchev–Trinajstić information content (AvgIpc) is 2.75. The van der Waals surface area contributed by atoms with Crippen molar-refractivity contribution in [3.63, 3.8) is 0 Å². The maximum atomic E-state index is 11.7. The number of halogens is 1. The number of nitrogens with one attached hydrogen (secondary N) is 1. The summed E-state index contributed by atoms with van der Waals surface area (Å²) >= 11 is 4.89. The summed E-state index contributed by atoms with van der Waals surface area (Å²) in [6, 6.07) is 6.31. The summed E-state index contributed by atoms with van der Waals surface area (Å²) in [6.07, 6.45) is 1.54. The first kappa shape index (κ1) is 12.8. The van der Waals surface area contributed by atoms with E-state index in [1.54, 1.807) is 18.3 Å². The van der Waals surface area contributed by atoms with E-state index in [9.17, 15) is 9.90 Å². The quantitative estimate of drug-likeness (QED) is 0.673. The van der Waals surface area contributed by atoms with Gasteiger partial charge in [-0.05, 0) is 28.1 Å². The number of thiophene rings is 1. The summed E-state index contributed by atoms with van der Waals surface area (Å²) in [5, 5.41) is 17.1. The fourth-order valence-electron chi connectivity index (χ4n) is 1.27. The molecule has 2 N–H and O–H groups in total. The number of carbonyl (C=O) groups is 1. The summed E-state index contributed by atoms with van der Waals surface area (Å²) in [5.74, 6) is -0.516. The average molecular weight is 325 g/mol. The minimum Gasteiger partial charge on any atom is -0.507 e. The Balaban J connectivity index is 2.03. The highest BCUT2D eigenvalue weighted by Crippen LogP contribution is 2.19. The van der Waals surface area contributed by atoms with Gasteiger partial charge in [0.1, 0.15) is 5.75 Å². The first-order chi connectivity index (χ1) is 8.68. The van der Waals surface area contributed by atoms with Crippen LogP contribution in [0, 0.1) is 0 Å². The lowest BCUT2D eigenvalue weighted by Gasteiger charge is -2.01. The van der Waals surface area contributed by atoms with Crippen LogP contribution < -0.4 is 5.43 Å². The minimum atomic E-state index is -0.448. The van der Waals surface area contributed by atoms with Gasteiger partial charge in [-0.25, -0.2) is 5.43 Å². The van der Waals surface area contributed by atoms with Gasteiger partial charge in [-0.1, -0.05) is 12.1 Å². The number of amides is 1. The van der Waals surface area contributed by atoms with E-state index in [1.807, 2.05) is 10.8 Å². The molecule has 0 aliphatic carbocycles. The van der Waals surface area contributed by atoms with Crippen molar-refractivity contribution < 1.29 is 9.90 Å². The Hall–Kier alpha value is -1.66. The van der Waals surface area contributed by atoms with Crippen molar-refractivity contribution >= 4 is 39.4 Å². The molecule has 0 spiro atoms. The van der Waals surface area contributed by atoms with Crippen LogP contribution in [0.25, 0.3) is 0 Å². The van der Waals surface area contributed by atoms with Gasteiger partial charge >= 0.3 is 0 Å². The van der Waals surface area contributed by atoms with Crippen molar-refractivity contribution in [2.45, 2.75) is 0 Å². The second-order valence-electron chi connectivity index (χ2n) is 3.39. The highest BCUT2D eigenvalue weighted by molar-refractivity contribution is 9.10. The molecule has 92 valence electrons. The van der Waals surface area contributed by atoms with Crippen molar-refractivity contribution in [1.82, 2.24) is 5.43 Å². The van der Waals surface area contributed by atoms with Gasteiger partial charge < -0.3 is 5.11 Å². The van der Waals surface area contributed by atoms with E-state index in [2.05, 4.69) is 26.5 Å². The van der Waals surface area contributed by atoms with E-state index >= 15 is 0 Å². The van der Waals surface area contributed by atoms with E-state index in [0.717, 1.165) is 10.0 Å². The number of hydrogen-bond donors (Lipinski definition) is 2. The second-order valence-corrected chi connectivity index (χ2v) is 4.99. The molecule has 0 aliphatic heterocycles. The molecule has 1 heterocycles. The van der Waals surface area contributed by atoms with Crippen LogP contribution in [0.1, 0.15) is 15.9 Å². The molecule has 18 heavy (non-hydrogen) atoms. The van der Waals surface area contributed by atoms with Crippen LogP contribution in [0.15, 0.2) is 44.6 Å². The topological polar surface area (TPSA) is 61.7 Å². The summed E-state index contributed by atoms with van der Waals surface area (Å²) in [7, 11) is 0. The normalized spacial score (nSPS) is 10.7. The maximum Gasteiger partial charge on any atom is 0.275 e. The van der Waals surface area contributed by atoms with Crippen LogP contribution in [0.2, 0.25) is 0 Å². The zero-order chi connectivity index (χ0) is 13.0. The second kappa shape index (κ2) is 5.79. The molecule has 1 amide bonds. The number of carbonyl (C=O) groups excluding carboxylic acids is 1. The van der Waals surface area contributed by atoms with Gasteiger partial charge in [0, 0.05) is 20.8 Å². The molecule has 4 nitrogen and oxygen atoms in total. The molecule has 0 saturated carbocycles. The van der Waals surface area contributed by atoms with Crippen LogP contribution in [0.4, 0.5) is 0 Å². The Morgan fingerprint density at radius 1 is 1.39 bits per heavy atom. The van der Waals surface area contributed by atoms with Gasteiger partial charge in [0.25, 0.3) is 5.91 Å². The highest BCUT2D eigenvalue weighted by Gasteiger charge is 2.08. The fourth-order valence-corrected chi connectivity index (χ4v) is 2.62. The zero-order valence-electron chi connectivity index (χ0n) is 9.13. The number of nitrogens with zero attached hydrogens (tertiary/aromatic N) is 1. The number of hydrogen-bond acceptors (Lipinski definition) is 4. The first-order valence-electron chi connectivity index (χ1n) is 5.01. The number of benzene rings is 1. The van der Waals surface area contributed by atoms with Crippen molar-refractivity contribution in [2.75, 3.05) is 0 Å². The van der Waals surface area contributed by atoms with Gasteiger partial charge in [-0.3, -0.25) is 4.79 Å². The standard InChI is InChI=1S/C12H9BrN2O2S/c13-10-7-18-6-8(10)5-14-15-12(17)9-3-1-2-4-11(9)16/h1-7,16H,(H,15,17)/b14-5-. The highest BCUT2D eigenvalue weighted by atomic mass is 79.9. The van der Waals surface area contributed by atoms with E-state index in [-0.39, 0.29) is 11.3 Å². The predicted octanol–water partition coefficient (Wildman–Crippen LogP) is 2.98. The molecule has 0 atom stereocenters. The van der Waals surface area contributed by atoms with Crippen molar-refractivity contribution in [3.8, 4) is 5.75 Å². The van der Waals surface area contributed by atoms with E-state index in [0.29, 0.717) is 0 Å². The van der Waals surface area contributed by atoms with Gasteiger partial charge in [0.2, 0.25) is 0 Å². The number of aromatic hydroxyl groups is 1. The molecule has 0 unspecified atom stereocenters. The van der Waals surface area contributed by atoms with Crippen LogP contribution >= 0.6 is 27.3 Å². The van der Waals surface area contributed by atoms with E-state index in [4.69, 9.17) is 0 Å². The lowest BCUT2D eigenvalue weighted by molar-refractivity contribution is 0.0952. The maximum absolute atomic E-state index is 11.7. The molecule has 1 aromatic heterocycles. The third-order valence-electron chi connectivity index (χ3n) is 2.16. The van der Waals surface area contributed by atoms with Gasteiger partial charge in [0.15, 0.2) is 0 Å². The minimum absolute atomic E-state index is 0.0677. The molecule has 0 bridgehead atoms. The molecule has 1 aromatic carbocycles. The monoisotopic (exact) mass is 324 g/mol. The van der Waals surface area contributed by atoms with Crippen molar-refractivity contribution in [3.05, 3.63) is 50.6 Å². The molecule has 0 saturated heterocycles. The Bertz CT molecular complexity index is 595. The third-order valence-corrected chi connectivity index (χ3v) is 3.91. The number of phenolic OH excluding ortho intramolecular Hbond substituents is 1. The van der Waals surface area contributed by atoms with Crippen LogP contribution in [0.3, 0.4) is 0 Å². The van der Waals surface area contributed by atoms with E-state index < -0.39 is 5.91 Å². The van der Waals surface area contributed by atoms with Crippen molar-refractivity contribution in [1.29, 1.82) is 0 Å².